The van der Waals surface area contributed by atoms with Crippen LogP contribution in [0.25, 0.3) is 22.6 Å². The molecule has 0 saturated heterocycles. The largest absolute Gasteiger partial charge is 0.391 e. The van der Waals surface area contributed by atoms with Gasteiger partial charge in [0.15, 0.2) is 5.76 Å². The summed E-state index contributed by atoms with van der Waals surface area (Å²) in [5.74, 6) is 0.221. The summed E-state index contributed by atoms with van der Waals surface area (Å²) in [6, 6.07) is 15.4. The third-order valence-electron chi connectivity index (χ3n) is 3.10. The maximum atomic E-state index is 13.0. The summed E-state index contributed by atoms with van der Waals surface area (Å²) in [4.78, 5) is 0. The minimum Gasteiger partial charge on any atom is -0.391 e. The molecule has 0 amide bonds. The van der Waals surface area contributed by atoms with E-state index in [-0.39, 0.29) is 12.4 Å². The van der Waals surface area contributed by atoms with Crippen molar-refractivity contribution in [2.45, 2.75) is 6.61 Å². The number of aliphatic hydroxyl groups is 1. The molecule has 0 aliphatic heterocycles. The van der Waals surface area contributed by atoms with Gasteiger partial charge in [0.25, 0.3) is 0 Å². The first-order valence-corrected chi connectivity index (χ1v) is 6.20. The molecule has 0 fully saturated rings. The van der Waals surface area contributed by atoms with Gasteiger partial charge in [-0.25, -0.2) is 4.39 Å². The lowest BCUT2D eigenvalue weighted by atomic mass is 10.0. The van der Waals surface area contributed by atoms with Gasteiger partial charge in [0.1, 0.15) is 11.5 Å². The Morgan fingerprint density at radius 2 is 1.65 bits per heavy atom. The molecule has 20 heavy (non-hydrogen) atoms. The first kappa shape index (κ1) is 12.6. The molecule has 0 saturated carbocycles. The van der Waals surface area contributed by atoms with Crippen LogP contribution in [0.5, 0.6) is 0 Å². The molecule has 0 unspecified atom stereocenters. The summed E-state index contributed by atoms with van der Waals surface area (Å²) >= 11 is 0. The Kier molecular flexibility index (Phi) is 3.31. The van der Waals surface area contributed by atoms with Crippen LogP contribution >= 0.6 is 0 Å². The predicted octanol–water partition coefficient (Wildman–Crippen LogP) is 3.64. The second kappa shape index (κ2) is 5.27. The topological polar surface area (TPSA) is 46.3 Å². The zero-order chi connectivity index (χ0) is 13.9. The fraction of sp³-hybridized carbons (Fsp3) is 0.0625. The molecule has 3 rings (SSSR count). The predicted molar refractivity (Wildman–Crippen MR) is 73.3 cm³/mol. The maximum Gasteiger partial charge on any atom is 0.173 e. The quantitative estimate of drug-likeness (QED) is 0.789. The normalized spacial score (nSPS) is 10.7. The molecule has 100 valence electrons. The molecule has 1 aromatic heterocycles. The minimum absolute atomic E-state index is 0.194. The van der Waals surface area contributed by atoms with Crippen LogP contribution in [0.3, 0.4) is 0 Å². The maximum absolute atomic E-state index is 13.0. The van der Waals surface area contributed by atoms with Gasteiger partial charge in [0.05, 0.1) is 12.2 Å². The molecule has 3 nitrogen and oxygen atoms in total. The van der Waals surface area contributed by atoms with Crippen LogP contribution in [-0.4, -0.2) is 10.3 Å². The van der Waals surface area contributed by atoms with Crippen molar-refractivity contribution in [1.29, 1.82) is 0 Å². The van der Waals surface area contributed by atoms with Crippen LogP contribution < -0.4 is 0 Å². The third-order valence-corrected chi connectivity index (χ3v) is 3.10. The van der Waals surface area contributed by atoms with Gasteiger partial charge in [-0.1, -0.05) is 35.5 Å². The molecule has 1 N–H and O–H groups in total. The van der Waals surface area contributed by atoms with E-state index < -0.39 is 0 Å². The highest BCUT2D eigenvalue weighted by molar-refractivity contribution is 5.72. The highest BCUT2D eigenvalue weighted by Crippen LogP contribution is 2.32. The lowest BCUT2D eigenvalue weighted by Crippen LogP contribution is -1.89. The van der Waals surface area contributed by atoms with Crippen LogP contribution in [0.2, 0.25) is 0 Å². The van der Waals surface area contributed by atoms with Gasteiger partial charge in [-0.15, -0.1) is 0 Å². The molecule has 2 aromatic carbocycles. The van der Waals surface area contributed by atoms with E-state index in [0.29, 0.717) is 22.6 Å². The monoisotopic (exact) mass is 269 g/mol. The number of nitrogens with zero attached hydrogens (tertiary/aromatic N) is 1. The van der Waals surface area contributed by atoms with Gasteiger partial charge < -0.3 is 9.63 Å². The average molecular weight is 269 g/mol. The van der Waals surface area contributed by atoms with Crippen molar-refractivity contribution in [2.75, 3.05) is 0 Å². The molecule has 0 spiro atoms. The summed E-state index contributed by atoms with van der Waals surface area (Å²) in [6.45, 7) is -0.194. The lowest BCUT2D eigenvalue weighted by molar-refractivity contribution is 0.281. The molecule has 0 radical (unpaired) electrons. The van der Waals surface area contributed by atoms with Crippen LogP contribution in [0.15, 0.2) is 59.1 Å². The highest BCUT2D eigenvalue weighted by atomic mass is 19.1. The Morgan fingerprint density at radius 3 is 2.30 bits per heavy atom. The molecule has 4 heteroatoms. The fourth-order valence-electron chi connectivity index (χ4n) is 2.11. The van der Waals surface area contributed by atoms with E-state index in [4.69, 9.17) is 4.52 Å². The summed E-state index contributed by atoms with van der Waals surface area (Å²) in [7, 11) is 0. The molecule has 0 atom stereocenters. The zero-order valence-electron chi connectivity index (χ0n) is 10.6. The lowest BCUT2D eigenvalue weighted by Gasteiger charge is -2.01. The second-order valence-electron chi connectivity index (χ2n) is 4.37. The van der Waals surface area contributed by atoms with Crippen molar-refractivity contribution in [3.05, 3.63) is 66.0 Å². The number of rotatable bonds is 3. The van der Waals surface area contributed by atoms with Crippen LogP contribution in [0.4, 0.5) is 4.39 Å². The SMILES string of the molecule is OCc1c(-c2ccc(F)cc2)noc1-c1ccccc1. The molecular formula is C16H12FNO2. The van der Waals surface area contributed by atoms with Crippen LogP contribution in [-0.2, 0) is 6.61 Å². The smallest absolute Gasteiger partial charge is 0.173 e. The summed E-state index contributed by atoms with van der Waals surface area (Å²) in [5.41, 5.74) is 2.69. The Labute approximate surface area is 115 Å². The van der Waals surface area contributed by atoms with E-state index in [9.17, 15) is 9.50 Å². The van der Waals surface area contributed by atoms with Crippen molar-refractivity contribution < 1.29 is 14.0 Å². The number of aliphatic hydroxyl groups excluding tert-OH is 1. The van der Waals surface area contributed by atoms with E-state index in [0.717, 1.165) is 5.56 Å². The second-order valence-corrected chi connectivity index (χ2v) is 4.37. The average Bonchev–Trinajstić information content (AvgIpc) is 2.93. The van der Waals surface area contributed by atoms with Crippen molar-refractivity contribution in [2.24, 2.45) is 0 Å². The van der Waals surface area contributed by atoms with Gasteiger partial charge in [-0.3, -0.25) is 0 Å². The zero-order valence-corrected chi connectivity index (χ0v) is 10.6. The number of aromatic nitrogens is 1. The van der Waals surface area contributed by atoms with E-state index >= 15 is 0 Å². The Balaban J connectivity index is 2.10. The fourth-order valence-corrected chi connectivity index (χ4v) is 2.11. The Hall–Kier alpha value is -2.46. The molecule has 0 aliphatic rings. The number of halogens is 1. The van der Waals surface area contributed by atoms with E-state index in [1.165, 1.54) is 12.1 Å². The van der Waals surface area contributed by atoms with Gasteiger partial charge in [0, 0.05) is 11.1 Å². The van der Waals surface area contributed by atoms with Crippen molar-refractivity contribution in [3.8, 4) is 22.6 Å². The Morgan fingerprint density at radius 1 is 0.950 bits per heavy atom. The highest BCUT2D eigenvalue weighted by Gasteiger charge is 2.18. The van der Waals surface area contributed by atoms with Crippen molar-refractivity contribution in [1.82, 2.24) is 5.16 Å². The first-order chi connectivity index (χ1) is 9.79. The van der Waals surface area contributed by atoms with Crippen molar-refractivity contribution >= 4 is 0 Å². The minimum atomic E-state index is -0.314. The molecule has 3 aromatic rings. The molecule has 0 bridgehead atoms. The van der Waals surface area contributed by atoms with Gasteiger partial charge in [-0.05, 0) is 24.3 Å². The van der Waals surface area contributed by atoms with E-state index in [1.54, 1.807) is 12.1 Å². The van der Waals surface area contributed by atoms with Crippen LogP contribution in [0, 0.1) is 5.82 Å². The Bertz CT molecular complexity index is 705. The summed E-state index contributed by atoms with van der Waals surface area (Å²) < 4.78 is 18.3. The standard InChI is InChI=1S/C16H12FNO2/c17-13-8-6-11(7-9-13)15-14(10-19)16(20-18-15)12-4-2-1-3-5-12/h1-9,19H,10H2. The van der Waals surface area contributed by atoms with Gasteiger partial charge >= 0.3 is 0 Å². The van der Waals surface area contributed by atoms with E-state index in [1.807, 2.05) is 30.3 Å². The number of hydrogen-bond donors (Lipinski definition) is 1. The molecule has 0 aliphatic carbocycles. The first-order valence-electron chi connectivity index (χ1n) is 6.20. The van der Waals surface area contributed by atoms with E-state index in [2.05, 4.69) is 5.16 Å². The molecular weight excluding hydrogens is 257 g/mol. The summed E-state index contributed by atoms with van der Waals surface area (Å²) in [6.07, 6.45) is 0. The van der Waals surface area contributed by atoms with Crippen molar-refractivity contribution in [3.63, 3.8) is 0 Å². The third kappa shape index (κ3) is 2.21. The van der Waals surface area contributed by atoms with Gasteiger partial charge in [0.2, 0.25) is 0 Å². The van der Waals surface area contributed by atoms with Gasteiger partial charge in [-0.2, -0.15) is 0 Å². The number of hydrogen-bond acceptors (Lipinski definition) is 3. The van der Waals surface area contributed by atoms with Crippen LogP contribution in [0.1, 0.15) is 5.56 Å². The summed E-state index contributed by atoms with van der Waals surface area (Å²) in [5, 5.41) is 13.6. The number of benzene rings is 2. The molecule has 1 heterocycles.